The molecule has 3 rings (SSSR count). The maximum atomic E-state index is 11.8. The first-order chi connectivity index (χ1) is 13.5. The van der Waals surface area contributed by atoms with Crippen LogP contribution in [-0.4, -0.2) is 45.5 Å². The molecule has 1 N–H and O–H groups in total. The van der Waals surface area contributed by atoms with Gasteiger partial charge in [0.25, 0.3) is 0 Å². The third-order valence-electron chi connectivity index (χ3n) is 3.34. The van der Waals surface area contributed by atoms with Gasteiger partial charge in [-0.1, -0.05) is 40.6 Å². The summed E-state index contributed by atoms with van der Waals surface area (Å²) in [4.78, 5) is 43.0. The lowest BCUT2D eigenvalue weighted by Crippen LogP contribution is -2.39. The summed E-state index contributed by atoms with van der Waals surface area (Å²) in [5.74, 6) is 0. The SMILES string of the molecule is O=CN(C(=O)OCc1ccccc1)C1CC(Br)=NO1.O=CNC1CC(Br)=NO1. The van der Waals surface area contributed by atoms with Crippen LogP contribution in [0.2, 0.25) is 0 Å². The van der Waals surface area contributed by atoms with Crippen molar-refractivity contribution in [2.24, 2.45) is 10.3 Å². The molecule has 0 radical (unpaired) electrons. The Kier molecular flexibility index (Phi) is 8.88. The molecule has 28 heavy (non-hydrogen) atoms. The Bertz CT molecular complexity index is 746. The Morgan fingerprint density at radius 2 is 1.86 bits per heavy atom. The number of carbonyl (C=O) groups excluding carboxylic acids is 3. The molecule has 3 amide bonds. The molecule has 2 aliphatic rings. The van der Waals surface area contributed by atoms with E-state index in [1.54, 1.807) is 0 Å². The van der Waals surface area contributed by atoms with E-state index in [-0.39, 0.29) is 12.8 Å². The van der Waals surface area contributed by atoms with Crippen molar-refractivity contribution in [1.82, 2.24) is 10.2 Å². The van der Waals surface area contributed by atoms with E-state index in [2.05, 4.69) is 47.5 Å². The minimum absolute atomic E-state index is 0.0960. The van der Waals surface area contributed by atoms with Crippen molar-refractivity contribution in [3.05, 3.63) is 35.9 Å². The van der Waals surface area contributed by atoms with Crippen LogP contribution in [0.25, 0.3) is 0 Å². The molecule has 0 saturated heterocycles. The third kappa shape index (κ3) is 6.93. The van der Waals surface area contributed by atoms with Crippen molar-refractivity contribution in [1.29, 1.82) is 0 Å². The van der Waals surface area contributed by atoms with Gasteiger partial charge in [-0.05, 0) is 37.4 Å². The van der Waals surface area contributed by atoms with Crippen LogP contribution in [-0.2, 0) is 30.6 Å². The summed E-state index contributed by atoms with van der Waals surface area (Å²) >= 11 is 6.25. The molecule has 0 saturated carbocycles. The first kappa shape index (κ1) is 21.8. The van der Waals surface area contributed by atoms with Crippen molar-refractivity contribution in [2.75, 3.05) is 0 Å². The molecule has 0 fully saturated rings. The van der Waals surface area contributed by atoms with Crippen LogP contribution in [0, 0.1) is 0 Å². The molecule has 12 heteroatoms. The Hall–Kier alpha value is -2.47. The van der Waals surface area contributed by atoms with E-state index < -0.39 is 12.3 Å². The highest BCUT2D eigenvalue weighted by Crippen LogP contribution is 2.18. The first-order valence-corrected chi connectivity index (χ1v) is 9.52. The quantitative estimate of drug-likeness (QED) is 0.576. The molecular weight excluding hydrogens is 504 g/mol. The number of hydrogen-bond acceptors (Lipinski definition) is 8. The van der Waals surface area contributed by atoms with E-state index in [4.69, 9.17) is 14.4 Å². The fourth-order valence-corrected chi connectivity index (χ4v) is 2.76. The van der Waals surface area contributed by atoms with Crippen LogP contribution in [0.15, 0.2) is 40.6 Å². The van der Waals surface area contributed by atoms with E-state index in [0.29, 0.717) is 30.3 Å². The van der Waals surface area contributed by atoms with Gasteiger partial charge in [-0.2, -0.15) is 0 Å². The normalized spacial score (nSPS) is 19.6. The molecule has 10 nitrogen and oxygen atoms in total. The van der Waals surface area contributed by atoms with Crippen LogP contribution in [0.3, 0.4) is 0 Å². The second-order valence-electron chi connectivity index (χ2n) is 5.33. The molecular formula is C16H16Br2N4O6. The van der Waals surface area contributed by atoms with Gasteiger partial charge < -0.3 is 19.7 Å². The topological polar surface area (TPSA) is 119 Å². The van der Waals surface area contributed by atoms with Crippen molar-refractivity contribution < 1.29 is 28.8 Å². The molecule has 1 aromatic carbocycles. The number of benzene rings is 1. The van der Waals surface area contributed by atoms with Gasteiger partial charge in [0.05, 0.1) is 12.8 Å². The summed E-state index contributed by atoms with van der Waals surface area (Å²) in [6.07, 6.45) is 0.0938. The predicted octanol–water partition coefficient (Wildman–Crippen LogP) is 2.42. The molecule has 0 bridgehead atoms. The molecule has 2 heterocycles. The van der Waals surface area contributed by atoms with Crippen LogP contribution >= 0.6 is 31.9 Å². The zero-order valence-electron chi connectivity index (χ0n) is 14.4. The van der Waals surface area contributed by atoms with Crippen LogP contribution in [0.1, 0.15) is 18.4 Å². The van der Waals surface area contributed by atoms with Gasteiger partial charge in [0.1, 0.15) is 15.8 Å². The largest absolute Gasteiger partial charge is 0.444 e. The molecule has 0 spiro atoms. The van der Waals surface area contributed by atoms with Gasteiger partial charge in [0, 0.05) is 0 Å². The summed E-state index contributed by atoms with van der Waals surface area (Å²) in [5.41, 5.74) is 0.839. The number of hydrogen-bond donors (Lipinski definition) is 1. The molecule has 0 aliphatic carbocycles. The summed E-state index contributed by atoms with van der Waals surface area (Å²) in [5, 5.41) is 9.59. The number of imide groups is 1. The summed E-state index contributed by atoms with van der Waals surface area (Å²) in [6, 6.07) is 9.19. The fraction of sp³-hybridized carbons (Fsp3) is 0.312. The van der Waals surface area contributed by atoms with E-state index in [0.717, 1.165) is 15.1 Å². The zero-order valence-corrected chi connectivity index (χ0v) is 17.5. The van der Waals surface area contributed by atoms with Crippen LogP contribution in [0.4, 0.5) is 4.79 Å². The van der Waals surface area contributed by atoms with Crippen molar-refractivity contribution >= 4 is 60.0 Å². The minimum Gasteiger partial charge on any atom is -0.444 e. The van der Waals surface area contributed by atoms with Crippen LogP contribution < -0.4 is 5.32 Å². The van der Waals surface area contributed by atoms with Crippen LogP contribution in [0.5, 0.6) is 0 Å². The molecule has 150 valence electrons. The average Bonchev–Trinajstić information content (AvgIpc) is 3.31. The summed E-state index contributed by atoms with van der Waals surface area (Å²) < 4.78 is 6.30. The highest BCUT2D eigenvalue weighted by atomic mass is 79.9. The lowest BCUT2D eigenvalue weighted by molar-refractivity contribution is -0.127. The lowest BCUT2D eigenvalue weighted by Gasteiger charge is -2.19. The number of halogens is 2. The van der Waals surface area contributed by atoms with Gasteiger partial charge >= 0.3 is 6.09 Å². The third-order valence-corrected chi connectivity index (χ3v) is 4.28. The number of rotatable bonds is 6. The number of nitrogens with zero attached hydrogens (tertiary/aromatic N) is 3. The lowest BCUT2D eigenvalue weighted by atomic mass is 10.2. The van der Waals surface area contributed by atoms with E-state index in [1.165, 1.54) is 0 Å². The molecule has 2 atom stereocenters. The van der Waals surface area contributed by atoms with Crippen molar-refractivity contribution in [3.8, 4) is 0 Å². The smallest absolute Gasteiger partial charge is 0.419 e. The van der Waals surface area contributed by atoms with Crippen molar-refractivity contribution in [3.63, 3.8) is 0 Å². The minimum atomic E-state index is -0.763. The summed E-state index contributed by atoms with van der Waals surface area (Å²) in [7, 11) is 0. The maximum Gasteiger partial charge on any atom is 0.419 e. The molecule has 1 aromatic rings. The number of nitrogens with one attached hydrogen (secondary N) is 1. The van der Waals surface area contributed by atoms with Crippen molar-refractivity contribution in [2.45, 2.75) is 31.9 Å². The van der Waals surface area contributed by atoms with E-state index in [1.807, 2.05) is 30.3 Å². The number of oxime groups is 2. The maximum absolute atomic E-state index is 11.8. The van der Waals surface area contributed by atoms with Gasteiger partial charge in [0.15, 0.2) is 0 Å². The Morgan fingerprint density at radius 1 is 1.18 bits per heavy atom. The Morgan fingerprint density at radius 3 is 2.39 bits per heavy atom. The zero-order chi connectivity index (χ0) is 20.4. The highest BCUT2D eigenvalue weighted by molar-refractivity contribution is 9.18. The van der Waals surface area contributed by atoms with E-state index in [9.17, 15) is 14.4 Å². The Labute approximate surface area is 177 Å². The Balaban J connectivity index is 0.000000261. The van der Waals surface area contributed by atoms with Gasteiger partial charge in [0.2, 0.25) is 25.3 Å². The second kappa shape index (κ2) is 11.4. The molecule has 0 aromatic heterocycles. The second-order valence-corrected chi connectivity index (χ2v) is 7.17. The predicted molar refractivity (Wildman–Crippen MR) is 105 cm³/mol. The molecule has 2 unspecified atom stereocenters. The first-order valence-electron chi connectivity index (χ1n) is 7.94. The molecule has 2 aliphatic heterocycles. The summed E-state index contributed by atoms with van der Waals surface area (Å²) in [6.45, 7) is 0.0960. The fourth-order valence-electron chi connectivity index (χ4n) is 2.02. The van der Waals surface area contributed by atoms with Gasteiger partial charge in [-0.25, -0.2) is 9.69 Å². The standard InChI is InChI=1S/C12H11BrN2O4.C4H5BrN2O2/c13-10-6-11(19-14-10)15(8-16)12(17)18-7-9-4-2-1-3-5-9;5-3-1-4(6-2-8)9-7-3/h1-5,8,11H,6-7H2;2,4H,1H2,(H,6,8). The van der Waals surface area contributed by atoms with Gasteiger partial charge in [-0.15, -0.1) is 0 Å². The number of ether oxygens (including phenoxy) is 1. The average molecular weight is 520 g/mol. The van der Waals surface area contributed by atoms with Gasteiger partial charge in [-0.3, -0.25) is 9.59 Å². The number of carbonyl (C=O) groups is 3. The highest BCUT2D eigenvalue weighted by Gasteiger charge is 2.31. The number of amides is 3. The monoisotopic (exact) mass is 518 g/mol. The van der Waals surface area contributed by atoms with E-state index >= 15 is 0 Å².